The molecule has 3 aliphatic heterocycles. The van der Waals surface area contributed by atoms with Crippen molar-refractivity contribution in [3.05, 3.63) is 63.1 Å². The molecule has 3 aliphatic rings. The fourth-order valence-electron chi connectivity index (χ4n) is 6.58. The van der Waals surface area contributed by atoms with Gasteiger partial charge in [0.25, 0.3) is 11.8 Å². The Hall–Kier alpha value is -4.82. The quantitative estimate of drug-likeness (QED) is 0.464. The molecule has 46 heavy (non-hydrogen) atoms. The number of hydrogen-bond acceptors (Lipinski definition) is 8. The Morgan fingerprint density at radius 1 is 1.26 bits per heavy atom. The van der Waals surface area contributed by atoms with Crippen LogP contribution in [0.15, 0.2) is 34.3 Å². The predicted molar refractivity (Wildman–Crippen MR) is 160 cm³/mol. The summed E-state index contributed by atoms with van der Waals surface area (Å²) in [4.78, 5) is 76.4. The Labute approximate surface area is 262 Å². The summed E-state index contributed by atoms with van der Waals surface area (Å²) in [6.45, 7) is 6.35. The van der Waals surface area contributed by atoms with Crippen LogP contribution in [0.5, 0.6) is 0 Å². The Morgan fingerprint density at radius 2 is 1.98 bits per heavy atom. The highest BCUT2D eigenvalue weighted by Crippen LogP contribution is 2.46. The summed E-state index contributed by atoms with van der Waals surface area (Å²) < 4.78 is 34.2. The molecule has 4 heterocycles. The van der Waals surface area contributed by atoms with Crippen molar-refractivity contribution >= 4 is 35.3 Å². The lowest BCUT2D eigenvalue weighted by Crippen LogP contribution is -2.56. The molecule has 0 aliphatic carbocycles. The molecule has 0 saturated carbocycles. The van der Waals surface area contributed by atoms with Crippen molar-refractivity contribution in [2.75, 3.05) is 18.6 Å². The van der Waals surface area contributed by atoms with E-state index in [2.05, 4.69) is 10.5 Å². The van der Waals surface area contributed by atoms with Gasteiger partial charge in [-0.15, -0.1) is 0 Å². The van der Waals surface area contributed by atoms with E-state index >= 15 is 0 Å². The van der Waals surface area contributed by atoms with E-state index < -0.39 is 82.3 Å². The average Bonchev–Trinajstić information content (AvgIpc) is 3.33. The van der Waals surface area contributed by atoms with Gasteiger partial charge in [0.05, 0.1) is 18.9 Å². The smallest absolute Gasteiger partial charge is 0.415 e. The zero-order chi connectivity index (χ0) is 33.7. The SMILES string of the molecule is COC(=O)N(c1c2n(cc(C(=O)NCc3ccc(F)cc3F)c1=O)[C@@H]1CN(C2=O)[C@@H](C)CC[C@]12CC(C)=NO2)[C@H](C(=O)O)C(C)C. The van der Waals surface area contributed by atoms with Crippen LogP contribution in [-0.4, -0.2) is 75.5 Å². The molecule has 2 N–H and O–H groups in total. The van der Waals surface area contributed by atoms with Gasteiger partial charge in [-0.05, 0) is 38.7 Å². The van der Waals surface area contributed by atoms with E-state index in [1.54, 1.807) is 11.8 Å². The predicted octanol–water partition coefficient (Wildman–Crippen LogP) is 3.45. The topological polar surface area (TPSA) is 160 Å². The Kier molecular flexibility index (Phi) is 8.62. The van der Waals surface area contributed by atoms with Gasteiger partial charge in [-0.25, -0.2) is 18.4 Å². The van der Waals surface area contributed by atoms with E-state index in [1.165, 1.54) is 24.6 Å². The summed E-state index contributed by atoms with van der Waals surface area (Å²) >= 11 is 0. The maximum Gasteiger partial charge on any atom is 0.415 e. The highest BCUT2D eigenvalue weighted by molar-refractivity contribution is 6.07. The third-order valence-electron chi connectivity index (χ3n) is 8.92. The number of carboxylic acids is 1. The molecule has 15 heteroatoms. The number of pyridine rings is 1. The molecular weight excluding hydrogens is 608 g/mol. The number of nitrogens with one attached hydrogen (secondary N) is 1. The first-order valence-electron chi connectivity index (χ1n) is 14.8. The van der Waals surface area contributed by atoms with Gasteiger partial charge in [-0.2, -0.15) is 0 Å². The van der Waals surface area contributed by atoms with E-state index in [4.69, 9.17) is 9.57 Å². The molecule has 2 bridgehead atoms. The number of methoxy groups -OCH3 is 1. The number of hydrogen-bond donors (Lipinski definition) is 2. The van der Waals surface area contributed by atoms with E-state index in [9.17, 15) is 37.9 Å². The minimum Gasteiger partial charge on any atom is -0.480 e. The number of aliphatic carboxylic acids is 1. The van der Waals surface area contributed by atoms with Crippen molar-refractivity contribution in [3.8, 4) is 0 Å². The molecule has 1 aromatic heterocycles. The maximum absolute atomic E-state index is 14.4. The van der Waals surface area contributed by atoms with Gasteiger partial charge < -0.3 is 29.5 Å². The van der Waals surface area contributed by atoms with E-state index in [0.717, 1.165) is 19.2 Å². The van der Waals surface area contributed by atoms with Gasteiger partial charge in [0, 0.05) is 43.4 Å². The van der Waals surface area contributed by atoms with Crippen molar-refractivity contribution in [1.29, 1.82) is 0 Å². The van der Waals surface area contributed by atoms with Crippen LogP contribution < -0.4 is 15.6 Å². The maximum atomic E-state index is 14.4. The summed E-state index contributed by atoms with van der Waals surface area (Å²) in [7, 11) is 1.00. The zero-order valence-electron chi connectivity index (χ0n) is 26.0. The number of carbonyl (C=O) groups excluding carboxylic acids is 3. The lowest BCUT2D eigenvalue weighted by atomic mass is 9.84. The second-order valence-electron chi connectivity index (χ2n) is 12.3. The number of fused-ring (bicyclic) bond motifs is 5. The molecule has 246 valence electrons. The van der Waals surface area contributed by atoms with Crippen LogP contribution in [0, 0.1) is 17.6 Å². The average molecular weight is 644 g/mol. The normalized spacial score (nSPS) is 22.5. The number of carbonyl (C=O) groups is 4. The first-order valence-corrected chi connectivity index (χ1v) is 14.8. The summed E-state index contributed by atoms with van der Waals surface area (Å²) in [5.74, 6) is -5.64. The summed E-state index contributed by atoms with van der Waals surface area (Å²) in [5, 5.41) is 16.9. The molecule has 5 rings (SSSR count). The zero-order valence-corrected chi connectivity index (χ0v) is 26.0. The van der Waals surface area contributed by atoms with Crippen LogP contribution >= 0.6 is 0 Å². The molecule has 13 nitrogen and oxygen atoms in total. The van der Waals surface area contributed by atoms with Crippen LogP contribution in [0.1, 0.15) is 79.4 Å². The van der Waals surface area contributed by atoms with Gasteiger partial charge in [-0.1, -0.05) is 25.1 Å². The summed E-state index contributed by atoms with van der Waals surface area (Å²) in [5.41, 5.74) is -2.97. The number of amides is 3. The standard InChI is InChI=1S/C31H35F2N5O8/c1-15(2)23(29(42)43)38(30(44)45-5)24-25-28(41)36-14-22(31(9-8-17(36)4)11-16(3)35-46-31)37(25)13-20(26(24)39)27(40)34-12-18-6-7-19(32)10-21(18)33/h6-7,10,13,15,17,22-23H,8-9,11-12,14H2,1-5H3,(H,34,40)(H,42,43)/t17-,22+,23-,31-/m0/s1. The number of rotatable bonds is 7. The molecule has 1 fully saturated rings. The summed E-state index contributed by atoms with van der Waals surface area (Å²) in [6.07, 6.45) is 1.30. The number of anilines is 1. The highest BCUT2D eigenvalue weighted by Gasteiger charge is 2.54. The van der Waals surface area contributed by atoms with Crippen molar-refractivity contribution in [1.82, 2.24) is 14.8 Å². The monoisotopic (exact) mass is 643 g/mol. The van der Waals surface area contributed by atoms with Gasteiger partial charge in [0.1, 0.15) is 34.6 Å². The molecule has 1 saturated heterocycles. The first-order chi connectivity index (χ1) is 21.7. The molecular formula is C31H35F2N5O8. The van der Waals surface area contributed by atoms with Crippen molar-refractivity contribution in [2.24, 2.45) is 11.1 Å². The van der Waals surface area contributed by atoms with Gasteiger partial charge in [0.15, 0.2) is 5.60 Å². The molecule has 0 unspecified atom stereocenters. The first kappa shape index (κ1) is 32.6. The number of halogens is 2. The summed E-state index contributed by atoms with van der Waals surface area (Å²) in [6, 6.07) is 0.0824. The number of oxime groups is 1. The van der Waals surface area contributed by atoms with Crippen molar-refractivity contribution in [3.63, 3.8) is 0 Å². The lowest BCUT2D eigenvalue weighted by Gasteiger charge is -2.43. The fourth-order valence-corrected chi connectivity index (χ4v) is 6.58. The third kappa shape index (κ3) is 5.47. The van der Waals surface area contributed by atoms with Gasteiger partial charge >= 0.3 is 12.1 Å². The fraction of sp³-hybridized carbons (Fsp3) is 0.484. The number of aromatic nitrogens is 1. The highest BCUT2D eigenvalue weighted by atomic mass is 19.1. The second-order valence-corrected chi connectivity index (χ2v) is 12.3. The molecule has 3 amide bonds. The molecule has 1 spiro atoms. The van der Waals surface area contributed by atoms with Crippen LogP contribution in [0.3, 0.4) is 0 Å². The van der Waals surface area contributed by atoms with E-state index in [1.807, 2.05) is 6.92 Å². The molecule has 4 atom stereocenters. The Morgan fingerprint density at radius 3 is 2.57 bits per heavy atom. The number of nitrogens with zero attached hydrogens (tertiary/aromatic N) is 4. The van der Waals surface area contributed by atoms with Crippen LogP contribution in [0.2, 0.25) is 0 Å². The Balaban J connectivity index is 1.77. The van der Waals surface area contributed by atoms with E-state index in [-0.39, 0.29) is 23.8 Å². The Bertz CT molecular complexity index is 1710. The van der Waals surface area contributed by atoms with Crippen LogP contribution in [0.25, 0.3) is 0 Å². The van der Waals surface area contributed by atoms with E-state index in [0.29, 0.717) is 35.9 Å². The second kappa shape index (κ2) is 12.2. The molecule has 2 aromatic rings. The minimum atomic E-state index is -1.68. The number of ether oxygens (including phenoxy) is 1. The largest absolute Gasteiger partial charge is 0.480 e. The lowest BCUT2D eigenvalue weighted by molar-refractivity contribution is -0.139. The van der Waals surface area contributed by atoms with Gasteiger partial charge in [0.2, 0.25) is 5.43 Å². The number of carboxylic acid groups (broad SMARTS) is 1. The number of benzene rings is 1. The third-order valence-corrected chi connectivity index (χ3v) is 8.92. The van der Waals surface area contributed by atoms with Crippen molar-refractivity contribution < 1.29 is 42.6 Å². The molecule has 0 radical (unpaired) electrons. The van der Waals surface area contributed by atoms with Crippen molar-refractivity contribution in [2.45, 2.75) is 77.2 Å². The van der Waals surface area contributed by atoms with Crippen LogP contribution in [0.4, 0.5) is 19.3 Å². The van der Waals surface area contributed by atoms with Gasteiger partial charge in [-0.3, -0.25) is 19.3 Å². The minimum absolute atomic E-state index is 0.0653. The van der Waals surface area contributed by atoms with Crippen LogP contribution in [-0.2, 0) is 20.9 Å². The molecule has 1 aromatic carbocycles.